The molecule has 0 saturated carbocycles. The van der Waals surface area contributed by atoms with E-state index in [1.807, 2.05) is 24.3 Å². The van der Waals surface area contributed by atoms with Gasteiger partial charge in [-0.1, -0.05) is 32.1 Å². The molecule has 0 heterocycles. The number of carbonyl (C=O) groups is 2. The third kappa shape index (κ3) is 7.15. The van der Waals surface area contributed by atoms with Crippen LogP contribution in [0.5, 0.6) is 5.75 Å². The number of amides is 2. The lowest BCUT2D eigenvalue weighted by molar-refractivity contribution is -0.114. The smallest absolute Gasteiger partial charge is 0.251 e. The van der Waals surface area contributed by atoms with Crippen molar-refractivity contribution in [2.24, 2.45) is 0 Å². The van der Waals surface area contributed by atoms with Crippen LogP contribution < -0.4 is 20.7 Å². The maximum atomic E-state index is 12.1. The van der Waals surface area contributed by atoms with Gasteiger partial charge < -0.3 is 20.7 Å². The Balaban J connectivity index is 1.81. The maximum Gasteiger partial charge on any atom is 0.251 e. The number of rotatable bonds is 11. The van der Waals surface area contributed by atoms with Crippen molar-refractivity contribution >= 4 is 23.2 Å². The summed E-state index contributed by atoms with van der Waals surface area (Å²) in [6.07, 6.45) is 3.66. The Morgan fingerprint density at radius 3 is 2.61 bits per heavy atom. The minimum atomic E-state index is -0.183. The molecule has 0 aliphatic carbocycles. The minimum Gasteiger partial charge on any atom is -0.489 e. The van der Waals surface area contributed by atoms with Gasteiger partial charge in [-0.05, 0) is 42.8 Å². The number of hydrogen-bond acceptors (Lipinski definition) is 4. The number of hydrogen-bond donors (Lipinski definition) is 3. The predicted molar refractivity (Wildman–Crippen MR) is 113 cm³/mol. The second kappa shape index (κ2) is 11.4. The van der Waals surface area contributed by atoms with Crippen molar-refractivity contribution in [2.45, 2.75) is 19.8 Å². The van der Waals surface area contributed by atoms with E-state index in [9.17, 15) is 9.59 Å². The summed E-state index contributed by atoms with van der Waals surface area (Å²) in [4.78, 5) is 24.1. The van der Waals surface area contributed by atoms with Gasteiger partial charge in [0.2, 0.25) is 5.91 Å². The zero-order valence-electron chi connectivity index (χ0n) is 16.2. The van der Waals surface area contributed by atoms with Crippen molar-refractivity contribution in [1.29, 1.82) is 0 Å². The molecule has 0 radical (unpaired) electrons. The highest BCUT2D eigenvalue weighted by atomic mass is 16.5. The summed E-state index contributed by atoms with van der Waals surface area (Å²) < 4.78 is 5.47. The van der Waals surface area contributed by atoms with E-state index < -0.39 is 0 Å². The molecule has 0 spiro atoms. The normalized spacial score (nSPS) is 10.0. The summed E-state index contributed by atoms with van der Waals surface area (Å²) in [5, 5.41) is 8.72. The number of anilines is 2. The molecule has 2 aromatic carbocycles. The SMILES string of the molecule is C=CCOc1cccc(NCC(=O)Nc2ccc(C(=O)NCCCC)cc2)c1. The molecule has 0 saturated heterocycles. The third-order valence-electron chi connectivity index (χ3n) is 3.90. The lowest BCUT2D eigenvalue weighted by atomic mass is 10.2. The molecule has 0 bridgehead atoms. The van der Waals surface area contributed by atoms with E-state index in [0.29, 0.717) is 30.2 Å². The van der Waals surface area contributed by atoms with Crippen LogP contribution in [-0.2, 0) is 4.79 Å². The van der Waals surface area contributed by atoms with Crippen molar-refractivity contribution in [2.75, 3.05) is 30.3 Å². The number of ether oxygens (including phenoxy) is 1. The lowest BCUT2D eigenvalue weighted by Gasteiger charge is -2.10. The second-order valence-electron chi connectivity index (χ2n) is 6.22. The zero-order chi connectivity index (χ0) is 20.2. The number of unbranched alkanes of at least 4 members (excludes halogenated alkanes) is 1. The fourth-order valence-electron chi connectivity index (χ4n) is 2.42. The summed E-state index contributed by atoms with van der Waals surface area (Å²) in [5.74, 6) is 0.419. The third-order valence-corrected chi connectivity index (χ3v) is 3.90. The molecule has 6 nitrogen and oxygen atoms in total. The van der Waals surface area contributed by atoms with Gasteiger partial charge in [0.15, 0.2) is 0 Å². The Labute approximate surface area is 166 Å². The van der Waals surface area contributed by atoms with Crippen LogP contribution in [0.2, 0.25) is 0 Å². The van der Waals surface area contributed by atoms with Crippen LogP contribution >= 0.6 is 0 Å². The molecule has 2 amide bonds. The molecule has 0 aromatic heterocycles. The summed E-state index contributed by atoms with van der Waals surface area (Å²) in [7, 11) is 0. The van der Waals surface area contributed by atoms with E-state index >= 15 is 0 Å². The van der Waals surface area contributed by atoms with E-state index in [2.05, 4.69) is 29.5 Å². The van der Waals surface area contributed by atoms with Crippen LogP contribution in [0.15, 0.2) is 61.2 Å². The largest absolute Gasteiger partial charge is 0.489 e. The molecular formula is C22H27N3O3. The number of nitrogens with one attached hydrogen (secondary N) is 3. The summed E-state index contributed by atoms with van der Waals surface area (Å²) >= 11 is 0. The van der Waals surface area contributed by atoms with Gasteiger partial charge in [-0.15, -0.1) is 0 Å². The molecule has 0 fully saturated rings. The highest BCUT2D eigenvalue weighted by molar-refractivity contribution is 5.96. The Morgan fingerprint density at radius 1 is 1.11 bits per heavy atom. The average molecular weight is 381 g/mol. The topological polar surface area (TPSA) is 79.5 Å². The number of carbonyl (C=O) groups excluding carboxylic acids is 2. The monoisotopic (exact) mass is 381 g/mol. The van der Waals surface area contributed by atoms with Gasteiger partial charge in [-0.25, -0.2) is 0 Å². The first-order valence-electron chi connectivity index (χ1n) is 9.38. The van der Waals surface area contributed by atoms with Gasteiger partial charge in [-0.2, -0.15) is 0 Å². The molecule has 0 aliphatic heterocycles. The van der Waals surface area contributed by atoms with Gasteiger partial charge in [0.25, 0.3) is 5.91 Å². The Hall–Kier alpha value is -3.28. The van der Waals surface area contributed by atoms with Crippen LogP contribution in [0.3, 0.4) is 0 Å². The first-order chi connectivity index (χ1) is 13.6. The van der Waals surface area contributed by atoms with E-state index in [-0.39, 0.29) is 18.4 Å². The summed E-state index contributed by atoms with van der Waals surface area (Å²) in [6, 6.07) is 14.2. The molecule has 0 aliphatic rings. The van der Waals surface area contributed by atoms with Crippen molar-refractivity contribution in [3.63, 3.8) is 0 Å². The average Bonchev–Trinajstić information content (AvgIpc) is 2.71. The molecule has 0 unspecified atom stereocenters. The zero-order valence-corrected chi connectivity index (χ0v) is 16.2. The molecule has 148 valence electrons. The first kappa shape index (κ1) is 21.0. The molecule has 2 rings (SSSR count). The van der Waals surface area contributed by atoms with Crippen LogP contribution in [0.25, 0.3) is 0 Å². The fraction of sp³-hybridized carbons (Fsp3) is 0.273. The van der Waals surface area contributed by atoms with Crippen LogP contribution in [0.1, 0.15) is 30.1 Å². The highest BCUT2D eigenvalue weighted by Gasteiger charge is 2.06. The Kier molecular flexibility index (Phi) is 8.59. The predicted octanol–water partition coefficient (Wildman–Crippen LogP) is 3.83. The van der Waals surface area contributed by atoms with Crippen molar-refractivity contribution < 1.29 is 14.3 Å². The molecule has 3 N–H and O–H groups in total. The number of benzene rings is 2. The van der Waals surface area contributed by atoms with Gasteiger partial charge in [0.05, 0.1) is 6.54 Å². The summed E-state index contributed by atoms with van der Waals surface area (Å²) in [6.45, 7) is 6.90. The van der Waals surface area contributed by atoms with E-state index in [1.165, 1.54) is 0 Å². The standard InChI is InChI=1S/C22H27N3O3/c1-3-5-13-23-22(27)17-9-11-18(12-10-17)25-21(26)16-24-19-7-6-8-20(15-19)28-14-4-2/h4,6-12,15,24H,2-3,5,13-14,16H2,1H3,(H,23,27)(H,25,26). The Morgan fingerprint density at radius 2 is 1.89 bits per heavy atom. The highest BCUT2D eigenvalue weighted by Crippen LogP contribution is 2.17. The fourth-order valence-corrected chi connectivity index (χ4v) is 2.42. The quantitative estimate of drug-likeness (QED) is 0.408. The minimum absolute atomic E-state index is 0.105. The van der Waals surface area contributed by atoms with Crippen molar-refractivity contribution in [3.8, 4) is 5.75 Å². The lowest BCUT2D eigenvalue weighted by Crippen LogP contribution is -2.24. The van der Waals surface area contributed by atoms with Crippen LogP contribution in [0, 0.1) is 0 Å². The molecule has 28 heavy (non-hydrogen) atoms. The van der Waals surface area contributed by atoms with E-state index in [0.717, 1.165) is 18.5 Å². The Bertz CT molecular complexity index is 788. The van der Waals surface area contributed by atoms with Crippen molar-refractivity contribution in [1.82, 2.24) is 5.32 Å². The van der Waals surface area contributed by atoms with E-state index in [4.69, 9.17) is 4.74 Å². The van der Waals surface area contributed by atoms with Crippen molar-refractivity contribution in [3.05, 3.63) is 66.7 Å². The van der Waals surface area contributed by atoms with E-state index in [1.54, 1.807) is 30.3 Å². The van der Waals surface area contributed by atoms with Gasteiger partial charge >= 0.3 is 0 Å². The van der Waals surface area contributed by atoms with Gasteiger partial charge in [0.1, 0.15) is 12.4 Å². The molecular weight excluding hydrogens is 354 g/mol. The first-order valence-corrected chi connectivity index (χ1v) is 9.38. The van der Waals surface area contributed by atoms with Gasteiger partial charge in [-0.3, -0.25) is 9.59 Å². The maximum absolute atomic E-state index is 12.1. The molecule has 0 atom stereocenters. The van der Waals surface area contributed by atoms with Gasteiger partial charge in [0, 0.05) is 29.5 Å². The second-order valence-corrected chi connectivity index (χ2v) is 6.22. The molecule has 6 heteroatoms. The summed E-state index contributed by atoms with van der Waals surface area (Å²) in [5.41, 5.74) is 2.00. The van der Waals surface area contributed by atoms with Crippen LogP contribution in [0.4, 0.5) is 11.4 Å². The molecule has 2 aromatic rings. The van der Waals surface area contributed by atoms with Crippen LogP contribution in [-0.4, -0.2) is 31.5 Å².